The van der Waals surface area contributed by atoms with E-state index in [9.17, 15) is 20.4 Å². The molecule has 10 heteroatoms. The number of hydrogen-bond acceptors (Lipinski definition) is 10. The van der Waals surface area contributed by atoms with Crippen molar-refractivity contribution in [2.24, 2.45) is 0 Å². The Morgan fingerprint density at radius 1 is 1.03 bits per heavy atom. The number of β-amino-alcohol motifs (C(OH)–C–C–N with tert-alkyl or cyclic N) is 1. The van der Waals surface area contributed by atoms with Crippen LogP contribution in [0, 0.1) is 6.92 Å². The monoisotopic (exact) mass is 459 g/mol. The maximum absolute atomic E-state index is 10.1. The van der Waals surface area contributed by atoms with Crippen molar-refractivity contribution in [2.45, 2.75) is 44.4 Å². The molecule has 0 aliphatic carbocycles. The molecule has 2 fully saturated rings. The van der Waals surface area contributed by atoms with Gasteiger partial charge in [-0.1, -0.05) is 0 Å². The Bertz CT molecular complexity index is 909. The number of nitrogens with zero attached hydrogens (tertiary/aromatic N) is 4. The minimum absolute atomic E-state index is 0.132. The average Bonchev–Trinajstić information content (AvgIpc) is 2.83. The standard InChI is InChI=1S/C23H33N5O5/c1-15-6-16(8-19(7-15)27-2-4-33-5-3-27)24-9-17-10-26-18(11-25-17)12-28-13-21(30)23(32)22(31)20(28)14-29/h6-8,10-11,20-24,29-32H,2-5,9,12-14H2,1H3/t20-,21+,22-,23-/m1/s1. The molecule has 3 heterocycles. The molecular formula is C23H33N5O5. The fourth-order valence-electron chi connectivity index (χ4n) is 4.38. The van der Waals surface area contributed by atoms with Crippen LogP contribution in [-0.2, 0) is 17.8 Å². The van der Waals surface area contributed by atoms with E-state index in [0.29, 0.717) is 18.8 Å². The first kappa shape index (κ1) is 23.8. The summed E-state index contributed by atoms with van der Waals surface area (Å²) in [4.78, 5) is 13.0. The lowest BCUT2D eigenvalue weighted by Gasteiger charge is -2.42. The molecular weight excluding hydrogens is 426 g/mol. The number of ether oxygens (including phenoxy) is 1. The van der Waals surface area contributed by atoms with Crippen molar-refractivity contribution >= 4 is 11.4 Å². The Morgan fingerprint density at radius 2 is 1.76 bits per heavy atom. The van der Waals surface area contributed by atoms with Crippen LogP contribution in [0.1, 0.15) is 17.0 Å². The summed E-state index contributed by atoms with van der Waals surface area (Å²) in [6.07, 6.45) is -0.239. The second kappa shape index (κ2) is 10.7. The number of morpholine rings is 1. The van der Waals surface area contributed by atoms with Gasteiger partial charge in [0.2, 0.25) is 0 Å². The van der Waals surface area contributed by atoms with Crippen molar-refractivity contribution in [1.29, 1.82) is 0 Å². The second-order valence-electron chi connectivity index (χ2n) is 8.74. The third kappa shape index (κ3) is 5.78. The molecule has 0 unspecified atom stereocenters. The Labute approximate surface area is 193 Å². The van der Waals surface area contributed by atoms with Crippen LogP contribution in [0.4, 0.5) is 11.4 Å². The minimum Gasteiger partial charge on any atom is -0.395 e. The van der Waals surface area contributed by atoms with Crippen molar-refractivity contribution in [3.63, 3.8) is 0 Å². The molecule has 4 atom stereocenters. The van der Waals surface area contributed by atoms with Gasteiger partial charge >= 0.3 is 0 Å². The van der Waals surface area contributed by atoms with Crippen molar-refractivity contribution in [1.82, 2.24) is 14.9 Å². The molecule has 0 bridgehead atoms. The van der Waals surface area contributed by atoms with Gasteiger partial charge in [0, 0.05) is 37.6 Å². The summed E-state index contributed by atoms with van der Waals surface area (Å²) in [5.41, 5.74) is 4.80. The van der Waals surface area contributed by atoms with Gasteiger partial charge in [-0.25, -0.2) is 0 Å². The number of rotatable bonds is 7. The summed E-state index contributed by atoms with van der Waals surface area (Å²) < 4.78 is 5.45. The van der Waals surface area contributed by atoms with Crippen LogP contribution in [0.5, 0.6) is 0 Å². The predicted octanol–water partition coefficient (Wildman–Crippen LogP) is -0.507. The number of hydrogen-bond donors (Lipinski definition) is 5. The number of anilines is 2. The molecule has 2 aromatic rings. The van der Waals surface area contributed by atoms with E-state index in [1.54, 1.807) is 17.3 Å². The highest BCUT2D eigenvalue weighted by Gasteiger charge is 2.41. The Kier molecular flexibility index (Phi) is 7.74. The summed E-state index contributed by atoms with van der Waals surface area (Å²) in [6, 6.07) is 5.74. The summed E-state index contributed by atoms with van der Waals surface area (Å²) in [5, 5.41) is 43.0. The molecule has 0 radical (unpaired) electrons. The van der Waals surface area contributed by atoms with Crippen LogP contribution in [0.25, 0.3) is 0 Å². The number of likely N-dealkylation sites (tertiary alicyclic amines) is 1. The average molecular weight is 460 g/mol. The summed E-state index contributed by atoms with van der Waals surface area (Å²) >= 11 is 0. The molecule has 10 nitrogen and oxygen atoms in total. The van der Waals surface area contributed by atoms with E-state index in [-0.39, 0.29) is 13.2 Å². The quantitative estimate of drug-likeness (QED) is 0.369. The van der Waals surface area contributed by atoms with Gasteiger partial charge in [-0.3, -0.25) is 14.9 Å². The molecule has 180 valence electrons. The van der Waals surface area contributed by atoms with E-state index in [4.69, 9.17) is 4.74 Å². The summed E-state index contributed by atoms with van der Waals surface area (Å²) in [5.74, 6) is 0. The van der Waals surface area contributed by atoms with E-state index < -0.39 is 24.4 Å². The lowest BCUT2D eigenvalue weighted by molar-refractivity contribution is -0.147. The molecule has 1 aromatic heterocycles. The van der Waals surface area contributed by atoms with Crippen LogP contribution >= 0.6 is 0 Å². The number of aryl methyl sites for hydroxylation is 1. The molecule has 0 saturated carbocycles. The first-order chi connectivity index (χ1) is 15.9. The van der Waals surface area contributed by atoms with Gasteiger partial charge in [-0.2, -0.15) is 0 Å². The van der Waals surface area contributed by atoms with Gasteiger partial charge in [0.05, 0.1) is 62.3 Å². The normalized spacial score (nSPS) is 26.4. The number of benzene rings is 1. The second-order valence-corrected chi connectivity index (χ2v) is 8.74. The Hall–Kier alpha value is -2.34. The first-order valence-electron chi connectivity index (χ1n) is 11.3. The highest BCUT2D eigenvalue weighted by Crippen LogP contribution is 2.24. The predicted molar refractivity (Wildman–Crippen MR) is 123 cm³/mol. The van der Waals surface area contributed by atoms with Gasteiger partial charge < -0.3 is 35.4 Å². The van der Waals surface area contributed by atoms with E-state index in [0.717, 1.165) is 37.7 Å². The van der Waals surface area contributed by atoms with E-state index in [2.05, 4.69) is 45.3 Å². The number of aliphatic hydroxyl groups is 4. The van der Waals surface area contributed by atoms with Crippen LogP contribution in [0.3, 0.4) is 0 Å². The minimum atomic E-state index is -1.27. The van der Waals surface area contributed by atoms with Crippen molar-refractivity contribution < 1.29 is 25.2 Å². The van der Waals surface area contributed by atoms with Crippen LogP contribution in [0.15, 0.2) is 30.6 Å². The lowest BCUT2D eigenvalue weighted by Crippen LogP contribution is -2.62. The molecule has 2 aliphatic rings. The molecule has 0 amide bonds. The van der Waals surface area contributed by atoms with Crippen molar-refractivity contribution in [3.8, 4) is 0 Å². The van der Waals surface area contributed by atoms with Gasteiger partial charge in [-0.15, -0.1) is 0 Å². The number of nitrogens with one attached hydrogen (secondary N) is 1. The highest BCUT2D eigenvalue weighted by molar-refractivity contribution is 5.60. The zero-order chi connectivity index (χ0) is 23.4. The van der Waals surface area contributed by atoms with Gasteiger partial charge in [0.25, 0.3) is 0 Å². The van der Waals surface area contributed by atoms with Gasteiger partial charge in [0.1, 0.15) is 12.2 Å². The SMILES string of the molecule is Cc1cc(NCc2cnc(CN3C[C@H](O)[C@@H](O)[C@H](O)[C@H]3CO)cn2)cc(N2CCOCC2)c1. The first-order valence-corrected chi connectivity index (χ1v) is 11.3. The number of aromatic nitrogens is 2. The highest BCUT2D eigenvalue weighted by atomic mass is 16.5. The molecule has 5 N–H and O–H groups in total. The zero-order valence-electron chi connectivity index (χ0n) is 18.8. The molecule has 4 rings (SSSR count). The molecule has 0 spiro atoms. The van der Waals surface area contributed by atoms with Crippen LogP contribution < -0.4 is 10.2 Å². The number of piperidine rings is 1. The number of aliphatic hydroxyl groups excluding tert-OH is 4. The van der Waals surface area contributed by atoms with E-state index in [1.807, 2.05) is 0 Å². The largest absolute Gasteiger partial charge is 0.395 e. The van der Waals surface area contributed by atoms with Crippen LogP contribution in [0.2, 0.25) is 0 Å². The van der Waals surface area contributed by atoms with E-state index in [1.165, 1.54) is 11.3 Å². The fraction of sp³-hybridized carbons (Fsp3) is 0.565. The molecule has 2 saturated heterocycles. The molecule has 2 aliphatic heterocycles. The zero-order valence-corrected chi connectivity index (χ0v) is 18.8. The third-order valence-corrected chi connectivity index (χ3v) is 6.25. The van der Waals surface area contributed by atoms with Crippen molar-refractivity contribution in [3.05, 3.63) is 47.5 Å². The maximum Gasteiger partial charge on any atom is 0.109 e. The molecule has 33 heavy (non-hydrogen) atoms. The van der Waals surface area contributed by atoms with Crippen molar-refractivity contribution in [2.75, 3.05) is 49.7 Å². The molecule has 1 aromatic carbocycles. The van der Waals surface area contributed by atoms with Gasteiger partial charge in [-0.05, 0) is 30.7 Å². The lowest BCUT2D eigenvalue weighted by atomic mass is 9.94. The summed E-state index contributed by atoms with van der Waals surface area (Å²) in [7, 11) is 0. The van der Waals surface area contributed by atoms with Crippen LogP contribution in [-0.4, -0.2) is 99.1 Å². The van der Waals surface area contributed by atoms with E-state index >= 15 is 0 Å². The Balaban J connectivity index is 1.36. The summed E-state index contributed by atoms with van der Waals surface area (Å²) in [6.45, 7) is 5.96. The van der Waals surface area contributed by atoms with Gasteiger partial charge in [0.15, 0.2) is 0 Å². The fourth-order valence-corrected chi connectivity index (χ4v) is 4.38. The topological polar surface area (TPSA) is 134 Å². The maximum atomic E-state index is 10.1. The Morgan fingerprint density at radius 3 is 2.45 bits per heavy atom. The smallest absolute Gasteiger partial charge is 0.109 e. The third-order valence-electron chi connectivity index (χ3n) is 6.25.